The number of esters is 1. The van der Waals surface area contributed by atoms with E-state index in [-0.39, 0.29) is 11.3 Å². The van der Waals surface area contributed by atoms with Crippen LogP contribution >= 0.6 is 0 Å². The van der Waals surface area contributed by atoms with Crippen LogP contribution in [-0.4, -0.2) is 25.1 Å². The van der Waals surface area contributed by atoms with Crippen LogP contribution in [-0.2, 0) is 16.1 Å². The van der Waals surface area contributed by atoms with Crippen molar-refractivity contribution in [2.24, 2.45) is 0 Å². The molecule has 0 radical (unpaired) electrons. The lowest BCUT2D eigenvalue weighted by Gasteiger charge is -2.08. The van der Waals surface area contributed by atoms with Gasteiger partial charge >= 0.3 is 12.6 Å². The van der Waals surface area contributed by atoms with Gasteiger partial charge in [0.1, 0.15) is 5.75 Å². The Morgan fingerprint density at radius 3 is 2.29 bits per heavy atom. The van der Waals surface area contributed by atoms with Gasteiger partial charge in [-0.15, -0.1) is 0 Å². The first-order chi connectivity index (χ1) is 11.5. The SMILES string of the molecule is O=C(COC(=O)c1ccc(OC(F)F)cc1)NCc1ccccc1. The van der Waals surface area contributed by atoms with Crippen LogP contribution < -0.4 is 10.1 Å². The van der Waals surface area contributed by atoms with Gasteiger partial charge in [0.15, 0.2) is 6.61 Å². The van der Waals surface area contributed by atoms with Crippen LogP contribution in [0.3, 0.4) is 0 Å². The van der Waals surface area contributed by atoms with E-state index >= 15 is 0 Å². The minimum Gasteiger partial charge on any atom is -0.452 e. The Bertz CT molecular complexity index is 675. The molecular weight excluding hydrogens is 320 g/mol. The van der Waals surface area contributed by atoms with Crippen molar-refractivity contribution in [3.63, 3.8) is 0 Å². The summed E-state index contributed by atoms with van der Waals surface area (Å²) in [5.41, 5.74) is 1.05. The van der Waals surface area contributed by atoms with Crippen LogP contribution in [0.4, 0.5) is 8.78 Å². The largest absolute Gasteiger partial charge is 0.452 e. The third kappa shape index (κ3) is 5.68. The average Bonchev–Trinajstić information content (AvgIpc) is 2.59. The van der Waals surface area contributed by atoms with E-state index in [1.807, 2.05) is 30.3 Å². The molecule has 0 fully saturated rings. The molecule has 0 saturated heterocycles. The van der Waals surface area contributed by atoms with Crippen molar-refractivity contribution in [2.75, 3.05) is 6.61 Å². The number of alkyl halides is 2. The zero-order chi connectivity index (χ0) is 17.4. The molecule has 126 valence electrons. The van der Waals surface area contributed by atoms with E-state index in [1.165, 1.54) is 24.3 Å². The first-order valence-electron chi connectivity index (χ1n) is 7.07. The quantitative estimate of drug-likeness (QED) is 0.790. The minimum absolute atomic E-state index is 0.0674. The maximum absolute atomic E-state index is 12.0. The predicted molar refractivity (Wildman–Crippen MR) is 81.6 cm³/mol. The molecule has 0 heterocycles. The number of benzene rings is 2. The molecule has 0 unspecified atom stereocenters. The number of amides is 1. The molecule has 0 spiro atoms. The van der Waals surface area contributed by atoms with Gasteiger partial charge in [-0.05, 0) is 29.8 Å². The third-order valence-electron chi connectivity index (χ3n) is 2.98. The summed E-state index contributed by atoms with van der Waals surface area (Å²) in [6, 6.07) is 14.3. The molecule has 2 aromatic rings. The Hall–Kier alpha value is -2.96. The second-order valence-corrected chi connectivity index (χ2v) is 4.74. The van der Waals surface area contributed by atoms with Gasteiger partial charge in [0.25, 0.3) is 5.91 Å². The summed E-state index contributed by atoms with van der Waals surface area (Å²) >= 11 is 0. The van der Waals surface area contributed by atoms with E-state index < -0.39 is 25.1 Å². The standard InChI is InChI=1S/C17H15F2NO4/c18-17(19)24-14-8-6-13(7-9-14)16(22)23-11-15(21)20-10-12-4-2-1-3-5-12/h1-9,17H,10-11H2,(H,20,21). The number of carbonyl (C=O) groups is 2. The lowest BCUT2D eigenvalue weighted by molar-refractivity contribution is -0.124. The van der Waals surface area contributed by atoms with E-state index in [1.54, 1.807) is 0 Å². The topological polar surface area (TPSA) is 64.6 Å². The third-order valence-corrected chi connectivity index (χ3v) is 2.98. The van der Waals surface area contributed by atoms with Crippen molar-refractivity contribution in [1.82, 2.24) is 5.32 Å². The monoisotopic (exact) mass is 335 g/mol. The van der Waals surface area contributed by atoms with Gasteiger partial charge in [-0.2, -0.15) is 8.78 Å². The van der Waals surface area contributed by atoms with Crippen LogP contribution in [0.5, 0.6) is 5.75 Å². The molecule has 2 rings (SSSR count). The maximum Gasteiger partial charge on any atom is 0.387 e. The van der Waals surface area contributed by atoms with Crippen LogP contribution in [0.1, 0.15) is 15.9 Å². The van der Waals surface area contributed by atoms with E-state index in [4.69, 9.17) is 4.74 Å². The summed E-state index contributed by atoms with van der Waals surface area (Å²) in [6.45, 7) is -3.03. The average molecular weight is 335 g/mol. The highest BCUT2D eigenvalue weighted by molar-refractivity contribution is 5.91. The lowest BCUT2D eigenvalue weighted by atomic mass is 10.2. The van der Waals surface area contributed by atoms with Crippen molar-refractivity contribution >= 4 is 11.9 Å². The van der Waals surface area contributed by atoms with Crippen molar-refractivity contribution in [3.8, 4) is 5.75 Å². The highest BCUT2D eigenvalue weighted by Gasteiger charge is 2.11. The molecule has 5 nitrogen and oxygen atoms in total. The van der Waals surface area contributed by atoms with Crippen molar-refractivity contribution in [1.29, 1.82) is 0 Å². The fourth-order valence-electron chi connectivity index (χ4n) is 1.83. The van der Waals surface area contributed by atoms with Crippen LogP contribution in [0, 0.1) is 0 Å². The molecule has 0 aliphatic rings. The molecule has 7 heteroatoms. The van der Waals surface area contributed by atoms with Crippen molar-refractivity contribution in [2.45, 2.75) is 13.2 Å². The van der Waals surface area contributed by atoms with Gasteiger partial charge in [-0.1, -0.05) is 30.3 Å². The smallest absolute Gasteiger partial charge is 0.387 e. The Kier molecular flexibility index (Phi) is 6.24. The first-order valence-corrected chi connectivity index (χ1v) is 7.07. The molecule has 1 amide bonds. The number of halogens is 2. The molecule has 1 N–H and O–H groups in total. The van der Waals surface area contributed by atoms with Gasteiger partial charge in [0.2, 0.25) is 0 Å². The Labute approximate surface area is 137 Å². The number of nitrogens with one attached hydrogen (secondary N) is 1. The number of hydrogen-bond donors (Lipinski definition) is 1. The second-order valence-electron chi connectivity index (χ2n) is 4.74. The van der Waals surface area contributed by atoms with E-state index in [0.29, 0.717) is 6.54 Å². The van der Waals surface area contributed by atoms with Crippen LogP contribution in [0.25, 0.3) is 0 Å². The summed E-state index contributed by atoms with van der Waals surface area (Å²) in [4.78, 5) is 23.4. The number of carbonyl (C=O) groups excluding carboxylic acids is 2. The number of rotatable bonds is 7. The summed E-state index contributed by atoms with van der Waals surface area (Å²) in [6.07, 6.45) is 0. The van der Waals surface area contributed by atoms with Gasteiger partial charge in [-0.3, -0.25) is 4.79 Å². The minimum atomic E-state index is -2.93. The van der Waals surface area contributed by atoms with Gasteiger partial charge in [0, 0.05) is 6.54 Å². The van der Waals surface area contributed by atoms with Crippen LogP contribution in [0.2, 0.25) is 0 Å². The normalized spacial score (nSPS) is 10.3. The molecule has 24 heavy (non-hydrogen) atoms. The Balaban J connectivity index is 1.76. The first kappa shape index (κ1) is 17.4. The summed E-state index contributed by atoms with van der Waals surface area (Å²) in [7, 11) is 0. The zero-order valence-corrected chi connectivity index (χ0v) is 12.6. The van der Waals surface area contributed by atoms with Gasteiger partial charge in [0.05, 0.1) is 5.56 Å². The Morgan fingerprint density at radius 2 is 1.67 bits per heavy atom. The second kappa shape index (κ2) is 8.61. The van der Waals surface area contributed by atoms with E-state index in [2.05, 4.69) is 10.1 Å². The predicted octanol–water partition coefficient (Wildman–Crippen LogP) is 2.76. The lowest BCUT2D eigenvalue weighted by Crippen LogP contribution is -2.28. The van der Waals surface area contributed by atoms with Gasteiger partial charge < -0.3 is 14.8 Å². The fraction of sp³-hybridized carbons (Fsp3) is 0.176. The molecule has 0 aliphatic heterocycles. The molecule has 2 aromatic carbocycles. The highest BCUT2D eigenvalue weighted by Crippen LogP contribution is 2.15. The fourth-order valence-corrected chi connectivity index (χ4v) is 1.83. The molecule has 0 atom stereocenters. The van der Waals surface area contributed by atoms with Crippen molar-refractivity contribution in [3.05, 3.63) is 65.7 Å². The number of ether oxygens (including phenoxy) is 2. The molecular formula is C17H15F2NO4. The summed E-state index contributed by atoms with van der Waals surface area (Å²) < 4.78 is 33.1. The zero-order valence-electron chi connectivity index (χ0n) is 12.6. The maximum atomic E-state index is 12.0. The molecule has 0 aliphatic carbocycles. The summed E-state index contributed by atoms with van der Waals surface area (Å²) in [5.74, 6) is -1.24. The van der Waals surface area contributed by atoms with Crippen LogP contribution in [0.15, 0.2) is 54.6 Å². The van der Waals surface area contributed by atoms with E-state index in [9.17, 15) is 18.4 Å². The highest BCUT2D eigenvalue weighted by atomic mass is 19.3. The Morgan fingerprint density at radius 1 is 1.00 bits per heavy atom. The molecule has 0 saturated carbocycles. The van der Waals surface area contributed by atoms with Gasteiger partial charge in [-0.25, -0.2) is 4.79 Å². The summed E-state index contributed by atoms with van der Waals surface area (Å²) in [5, 5.41) is 2.62. The van der Waals surface area contributed by atoms with Crippen molar-refractivity contribution < 1.29 is 27.8 Å². The number of hydrogen-bond acceptors (Lipinski definition) is 4. The van der Waals surface area contributed by atoms with E-state index in [0.717, 1.165) is 5.56 Å². The molecule has 0 bridgehead atoms. The molecule has 0 aromatic heterocycles.